The van der Waals surface area contributed by atoms with Crippen molar-refractivity contribution in [3.63, 3.8) is 0 Å². The molecule has 100 valence electrons. The minimum absolute atomic E-state index is 0.0696. The molecular weight excluding hydrogens is 256 g/mol. The van der Waals surface area contributed by atoms with E-state index < -0.39 is 5.97 Å². The number of aromatic hydroxyl groups is 1. The Morgan fingerprint density at radius 2 is 1.85 bits per heavy atom. The zero-order valence-corrected chi connectivity index (χ0v) is 10.5. The number of benzene rings is 2. The number of para-hydroxylation sites is 1. The van der Waals surface area contributed by atoms with Crippen molar-refractivity contribution in [2.75, 3.05) is 0 Å². The van der Waals surface area contributed by atoms with Crippen LogP contribution in [-0.2, 0) is 11.2 Å². The van der Waals surface area contributed by atoms with Gasteiger partial charge in [-0.2, -0.15) is 0 Å². The van der Waals surface area contributed by atoms with E-state index in [1.165, 1.54) is 0 Å². The van der Waals surface area contributed by atoms with Crippen molar-refractivity contribution >= 4 is 16.9 Å². The van der Waals surface area contributed by atoms with Gasteiger partial charge in [0.15, 0.2) is 0 Å². The van der Waals surface area contributed by atoms with Crippen LogP contribution in [0.3, 0.4) is 0 Å². The number of hydrogen-bond acceptors (Lipinski definition) is 3. The number of hydrogen-bond donors (Lipinski definition) is 2. The predicted molar refractivity (Wildman–Crippen MR) is 74.7 cm³/mol. The number of phenolic OH excluding ortho intramolecular Hbond substituents is 1. The second-order valence-corrected chi connectivity index (χ2v) is 4.56. The molecule has 0 aliphatic heterocycles. The van der Waals surface area contributed by atoms with Gasteiger partial charge in [0.2, 0.25) is 0 Å². The van der Waals surface area contributed by atoms with E-state index >= 15 is 0 Å². The van der Waals surface area contributed by atoms with Crippen LogP contribution in [0.25, 0.3) is 22.1 Å². The van der Waals surface area contributed by atoms with E-state index in [2.05, 4.69) is 0 Å². The summed E-state index contributed by atoms with van der Waals surface area (Å²) in [5.74, 6) is -0.687. The van der Waals surface area contributed by atoms with Crippen molar-refractivity contribution in [3.05, 3.63) is 54.3 Å². The highest BCUT2D eigenvalue weighted by Crippen LogP contribution is 2.33. The van der Waals surface area contributed by atoms with E-state index in [0.29, 0.717) is 11.1 Å². The molecule has 1 heterocycles. The first-order valence-corrected chi connectivity index (χ1v) is 6.15. The maximum Gasteiger partial charge on any atom is 0.307 e. The molecule has 2 aromatic carbocycles. The van der Waals surface area contributed by atoms with Gasteiger partial charge in [-0.25, -0.2) is 0 Å². The molecule has 4 nitrogen and oxygen atoms in total. The first kappa shape index (κ1) is 12.3. The molecule has 0 amide bonds. The summed E-state index contributed by atoms with van der Waals surface area (Å²) in [5, 5.41) is 19.1. The lowest BCUT2D eigenvalue weighted by molar-refractivity contribution is -0.136. The maximum atomic E-state index is 10.9. The number of carboxylic acids is 1. The van der Waals surface area contributed by atoms with Gasteiger partial charge in [0.05, 0.1) is 12.7 Å². The molecule has 0 atom stereocenters. The van der Waals surface area contributed by atoms with Gasteiger partial charge in [-0.05, 0) is 17.7 Å². The minimum atomic E-state index is -0.889. The Kier molecular flexibility index (Phi) is 2.91. The number of phenols is 1. The number of carbonyl (C=O) groups is 1. The van der Waals surface area contributed by atoms with Crippen LogP contribution in [0.15, 0.2) is 53.1 Å². The van der Waals surface area contributed by atoms with Crippen LogP contribution in [0.5, 0.6) is 5.75 Å². The number of rotatable bonds is 3. The van der Waals surface area contributed by atoms with Crippen LogP contribution in [-0.4, -0.2) is 16.2 Å². The van der Waals surface area contributed by atoms with Crippen molar-refractivity contribution in [2.24, 2.45) is 0 Å². The van der Waals surface area contributed by atoms with Gasteiger partial charge in [0.1, 0.15) is 11.3 Å². The fourth-order valence-electron chi connectivity index (χ4n) is 2.28. The van der Waals surface area contributed by atoms with Crippen molar-refractivity contribution in [2.45, 2.75) is 6.42 Å². The molecule has 2 N–H and O–H groups in total. The van der Waals surface area contributed by atoms with Crippen molar-refractivity contribution in [1.82, 2.24) is 0 Å². The smallest absolute Gasteiger partial charge is 0.307 e. The predicted octanol–water partition coefficient (Wildman–Crippen LogP) is 3.43. The third kappa shape index (κ3) is 2.12. The summed E-state index contributed by atoms with van der Waals surface area (Å²) in [4.78, 5) is 10.9. The zero-order valence-electron chi connectivity index (χ0n) is 10.5. The fourth-order valence-corrected chi connectivity index (χ4v) is 2.28. The SMILES string of the molecule is O=C(O)Cc1cccc2c(-c3ccc(O)cc3)coc12. The molecule has 20 heavy (non-hydrogen) atoms. The monoisotopic (exact) mass is 268 g/mol. The van der Waals surface area contributed by atoms with E-state index in [9.17, 15) is 9.90 Å². The van der Waals surface area contributed by atoms with E-state index in [-0.39, 0.29) is 12.2 Å². The second kappa shape index (κ2) is 4.74. The summed E-state index contributed by atoms with van der Waals surface area (Å²) in [6.07, 6.45) is 1.54. The van der Waals surface area contributed by atoms with Gasteiger partial charge in [0, 0.05) is 16.5 Å². The number of fused-ring (bicyclic) bond motifs is 1. The van der Waals surface area contributed by atoms with E-state index in [4.69, 9.17) is 9.52 Å². The molecule has 0 saturated carbocycles. The Bertz CT molecular complexity index is 769. The Balaban J connectivity index is 2.14. The molecule has 0 fully saturated rings. The van der Waals surface area contributed by atoms with Crippen molar-refractivity contribution in [1.29, 1.82) is 0 Å². The lowest BCUT2D eigenvalue weighted by Gasteiger charge is -2.01. The average Bonchev–Trinajstić information content (AvgIpc) is 2.84. The van der Waals surface area contributed by atoms with Crippen LogP contribution < -0.4 is 0 Å². The standard InChI is InChI=1S/C16H12O4/c17-12-6-4-10(5-7-12)14-9-20-16-11(8-15(18)19)2-1-3-13(14)16/h1-7,9,17H,8H2,(H,18,19). The van der Waals surface area contributed by atoms with Crippen LogP contribution in [0.1, 0.15) is 5.56 Å². The van der Waals surface area contributed by atoms with Gasteiger partial charge < -0.3 is 14.6 Å². The maximum absolute atomic E-state index is 10.9. The topological polar surface area (TPSA) is 70.7 Å². The first-order chi connectivity index (χ1) is 9.65. The van der Waals surface area contributed by atoms with E-state index in [1.54, 1.807) is 36.6 Å². The largest absolute Gasteiger partial charge is 0.508 e. The third-order valence-electron chi connectivity index (χ3n) is 3.20. The molecule has 3 rings (SSSR count). The number of carboxylic acid groups (broad SMARTS) is 1. The summed E-state index contributed by atoms with van der Waals surface area (Å²) in [7, 11) is 0. The molecule has 0 saturated heterocycles. The molecule has 4 heteroatoms. The fraction of sp³-hybridized carbons (Fsp3) is 0.0625. The van der Waals surface area contributed by atoms with Crippen molar-refractivity contribution < 1.29 is 19.4 Å². The first-order valence-electron chi connectivity index (χ1n) is 6.15. The molecule has 0 radical (unpaired) electrons. The molecule has 0 spiro atoms. The van der Waals surface area contributed by atoms with Gasteiger partial charge in [-0.1, -0.05) is 30.3 Å². The Morgan fingerprint density at radius 3 is 2.55 bits per heavy atom. The molecule has 0 aliphatic carbocycles. The normalized spacial score (nSPS) is 10.8. The summed E-state index contributed by atoms with van der Waals surface area (Å²) in [6, 6.07) is 12.3. The minimum Gasteiger partial charge on any atom is -0.508 e. The number of aliphatic carboxylic acids is 1. The van der Waals surface area contributed by atoms with Gasteiger partial charge in [-0.3, -0.25) is 4.79 Å². The lowest BCUT2D eigenvalue weighted by atomic mass is 10.0. The quantitative estimate of drug-likeness (QED) is 0.763. The highest BCUT2D eigenvalue weighted by molar-refractivity contribution is 5.96. The molecule has 3 aromatic rings. The van der Waals surface area contributed by atoms with Gasteiger partial charge in [0.25, 0.3) is 0 Å². The third-order valence-corrected chi connectivity index (χ3v) is 3.20. The molecular formula is C16H12O4. The lowest BCUT2D eigenvalue weighted by Crippen LogP contribution is -1.99. The van der Waals surface area contributed by atoms with Crippen LogP contribution >= 0.6 is 0 Å². The van der Waals surface area contributed by atoms with Gasteiger partial charge in [-0.15, -0.1) is 0 Å². The van der Waals surface area contributed by atoms with Crippen molar-refractivity contribution in [3.8, 4) is 16.9 Å². The van der Waals surface area contributed by atoms with Gasteiger partial charge >= 0.3 is 5.97 Å². The Hall–Kier alpha value is -2.75. The second-order valence-electron chi connectivity index (χ2n) is 4.56. The summed E-state index contributed by atoms with van der Waals surface area (Å²) >= 11 is 0. The zero-order chi connectivity index (χ0) is 14.1. The Morgan fingerprint density at radius 1 is 1.10 bits per heavy atom. The summed E-state index contributed by atoms with van der Waals surface area (Å²) in [5.41, 5.74) is 3.04. The summed E-state index contributed by atoms with van der Waals surface area (Å²) < 4.78 is 5.54. The van der Waals surface area contributed by atoms with E-state index in [1.807, 2.05) is 12.1 Å². The molecule has 0 unspecified atom stereocenters. The van der Waals surface area contributed by atoms with Crippen LogP contribution in [0.2, 0.25) is 0 Å². The average molecular weight is 268 g/mol. The van der Waals surface area contributed by atoms with Crippen LogP contribution in [0.4, 0.5) is 0 Å². The highest BCUT2D eigenvalue weighted by Gasteiger charge is 2.13. The van der Waals surface area contributed by atoms with E-state index in [0.717, 1.165) is 16.5 Å². The molecule has 1 aromatic heterocycles. The number of furan rings is 1. The highest BCUT2D eigenvalue weighted by atomic mass is 16.4. The summed E-state index contributed by atoms with van der Waals surface area (Å²) in [6.45, 7) is 0. The van der Waals surface area contributed by atoms with Crippen LogP contribution in [0, 0.1) is 0 Å². The molecule has 0 aliphatic rings. The molecule has 0 bridgehead atoms. The Labute approximate surface area is 114 Å².